The van der Waals surface area contributed by atoms with Crippen LogP contribution in [0.15, 0.2) is 65.3 Å². The zero-order valence-electron chi connectivity index (χ0n) is 11.5. The molecule has 2 aromatic rings. The third-order valence-electron chi connectivity index (χ3n) is 4.06. The van der Waals surface area contributed by atoms with Gasteiger partial charge in [0.15, 0.2) is 0 Å². The monoisotopic (exact) mass is 338 g/mol. The number of nitrogens with one attached hydrogen (secondary N) is 1. The molecule has 0 fully saturated rings. The van der Waals surface area contributed by atoms with Crippen molar-refractivity contribution in [1.29, 1.82) is 0 Å². The van der Waals surface area contributed by atoms with Crippen molar-refractivity contribution >= 4 is 27.7 Å². The fourth-order valence-electron chi connectivity index (χ4n) is 3.06. The summed E-state index contributed by atoms with van der Waals surface area (Å²) in [6.07, 6.45) is 6.60. The highest BCUT2D eigenvalue weighted by Crippen LogP contribution is 2.43. The molecule has 2 aliphatic rings. The van der Waals surface area contributed by atoms with Gasteiger partial charge in [0.2, 0.25) is 0 Å². The second-order valence-corrected chi connectivity index (χ2v) is 6.13. The van der Waals surface area contributed by atoms with Crippen LogP contribution in [-0.2, 0) is 0 Å². The highest BCUT2D eigenvalue weighted by molar-refractivity contribution is 9.10. The fourth-order valence-corrected chi connectivity index (χ4v) is 3.48. The van der Waals surface area contributed by atoms with Gasteiger partial charge in [0, 0.05) is 16.2 Å². The molecule has 0 saturated heterocycles. The van der Waals surface area contributed by atoms with Gasteiger partial charge in [-0.1, -0.05) is 70.5 Å². The first-order valence-electron chi connectivity index (χ1n) is 7.07. The Morgan fingerprint density at radius 2 is 1.90 bits per heavy atom. The van der Waals surface area contributed by atoms with Crippen LogP contribution in [0.5, 0.6) is 0 Å². The van der Waals surface area contributed by atoms with E-state index < -0.39 is 0 Å². The molecule has 0 aliphatic carbocycles. The van der Waals surface area contributed by atoms with Gasteiger partial charge in [0.1, 0.15) is 0 Å². The number of hydrogen-bond donors (Lipinski definition) is 1. The predicted molar refractivity (Wildman–Crippen MR) is 90.2 cm³/mol. The molecule has 4 rings (SSSR count). The first-order chi connectivity index (χ1) is 10.3. The van der Waals surface area contributed by atoms with Gasteiger partial charge in [-0.3, -0.25) is 0 Å². The van der Waals surface area contributed by atoms with Crippen LogP contribution in [0.2, 0.25) is 0 Å². The van der Waals surface area contributed by atoms with E-state index >= 15 is 0 Å². The quantitative estimate of drug-likeness (QED) is 0.874. The topological polar surface area (TPSA) is 15.3 Å². The Hall–Kier alpha value is -2.00. The van der Waals surface area contributed by atoms with E-state index in [1.165, 1.54) is 22.4 Å². The molecule has 0 saturated carbocycles. The smallest absolute Gasteiger partial charge is 0.0882 e. The van der Waals surface area contributed by atoms with Crippen LogP contribution in [0.25, 0.3) is 11.8 Å². The Morgan fingerprint density at radius 1 is 1.10 bits per heavy atom. The number of fused-ring (bicyclic) bond motifs is 3. The number of hydrogen-bond acceptors (Lipinski definition) is 2. The standard InChI is InChI=1S/C18H15BrN2/c19-16-8-4-1-5-13(16)9-10-17-14-6-2-3-7-15(14)18-11-20-12-21(17)18/h1-11,17,20H,12H2/b10-9+. The van der Waals surface area contributed by atoms with Crippen LogP contribution in [0.3, 0.4) is 0 Å². The van der Waals surface area contributed by atoms with Gasteiger partial charge in [-0.15, -0.1) is 0 Å². The third-order valence-corrected chi connectivity index (χ3v) is 4.79. The van der Waals surface area contributed by atoms with Crippen LogP contribution >= 0.6 is 15.9 Å². The SMILES string of the molecule is Brc1ccccc1/C=C/C1c2ccccc2C2=CNCN21. The van der Waals surface area contributed by atoms with Gasteiger partial charge in [-0.05, 0) is 17.2 Å². The van der Waals surface area contributed by atoms with E-state index in [-0.39, 0.29) is 0 Å². The second kappa shape index (κ2) is 5.08. The van der Waals surface area contributed by atoms with Gasteiger partial charge in [-0.25, -0.2) is 0 Å². The molecule has 21 heavy (non-hydrogen) atoms. The summed E-state index contributed by atoms with van der Waals surface area (Å²) in [5.74, 6) is 0. The van der Waals surface area contributed by atoms with Gasteiger partial charge < -0.3 is 10.2 Å². The molecule has 0 bridgehead atoms. The first-order valence-corrected chi connectivity index (χ1v) is 7.86. The van der Waals surface area contributed by atoms with Crippen LogP contribution in [-0.4, -0.2) is 11.6 Å². The molecule has 1 atom stereocenters. The van der Waals surface area contributed by atoms with Crippen molar-refractivity contribution in [3.05, 3.63) is 82.0 Å². The van der Waals surface area contributed by atoms with Crippen molar-refractivity contribution in [2.24, 2.45) is 0 Å². The molecule has 2 aromatic carbocycles. The Balaban J connectivity index is 1.73. The number of benzene rings is 2. The van der Waals surface area contributed by atoms with Crippen LogP contribution in [0, 0.1) is 0 Å². The Kier molecular flexibility index (Phi) is 3.08. The third kappa shape index (κ3) is 2.09. The zero-order valence-corrected chi connectivity index (χ0v) is 13.0. The minimum absolute atomic E-state index is 0.301. The highest BCUT2D eigenvalue weighted by atomic mass is 79.9. The van der Waals surface area contributed by atoms with E-state index in [1.54, 1.807) is 0 Å². The van der Waals surface area contributed by atoms with E-state index in [0.29, 0.717) is 6.04 Å². The Bertz CT molecular complexity index is 748. The minimum Gasteiger partial charge on any atom is -0.372 e. The molecule has 2 heterocycles. The molecular formula is C18H15BrN2. The summed E-state index contributed by atoms with van der Waals surface area (Å²) < 4.78 is 1.13. The van der Waals surface area contributed by atoms with Crippen LogP contribution in [0.1, 0.15) is 22.7 Å². The van der Waals surface area contributed by atoms with E-state index in [2.05, 4.69) is 87.0 Å². The lowest BCUT2D eigenvalue weighted by molar-refractivity contribution is 0.375. The second-order valence-electron chi connectivity index (χ2n) is 5.27. The van der Waals surface area contributed by atoms with Crippen molar-refractivity contribution in [3.8, 4) is 0 Å². The summed E-state index contributed by atoms with van der Waals surface area (Å²) in [6, 6.07) is 17.3. The van der Waals surface area contributed by atoms with Crippen LogP contribution < -0.4 is 5.32 Å². The van der Waals surface area contributed by atoms with Crippen molar-refractivity contribution in [1.82, 2.24) is 10.2 Å². The van der Waals surface area contributed by atoms with Gasteiger partial charge in [-0.2, -0.15) is 0 Å². The summed E-state index contributed by atoms with van der Waals surface area (Å²) in [5.41, 5.74) is 5.23. The van der Waals surface area contributed by atoms with Crippen molar-refractivity contribution < 1.29 is 0 Å². The van der Waals surface area contributed by atoms with E-state index in [9.17, 15) is 0 Å². The molecule has 0 radical (unpaired) electrons. The summed E-state index contributed by atoms with van der Waals surface area (Å²) >= 11 is 3.61. The molecular weight excluding hydrogens is 324 g/mol. The number of halogens is 1. The molecule has 0 amide bonds. The zero-order chi connectivity index (χ0) is 14.2. The summed E-state index contributed by atoms with van der Waals surface area (Å²) in [4.78, 5) is 2.40. The van der Waals surface area contributed by atoms with Gasteiger partial charge in [0.05, 0.1) is 18.4 Å². The van der Waals surface area contributed by atoms with Crippen molar-refractivity contribution in [3.63, 3.8) is 0 Å². The molecule has 2 nitrogen and oxygen atoms in total. The lowest BCUT2D eigenvalue weighted by Gasteiger charge is -2.21. The van der Waals surface area contributed by atoms with Crippen molar-refractivity contribution in [2.75, 3.05) is 6.67 Å². The van der Waals surface area contributed by atoms with Crippen LogP contribution in [0.4, 0.5) is 0 Å². The molecule has 0 spiro atoms. The Morgan fingerprint density at radius 3 is 2.81 bits per heavy atom. The maximum Gasteiger partial charge on any atom is 0.0882 e. The molecule has 0 aromatic heterocycles. The maximum absolute atomic E-state index is 3.61. The lowest BCUT2D eigenvalue weighted by Crippen LogP contribution is -2.22. The first kappa shape index (κ1) is 12.7. The average Bonchev–Trinajstić information content (AvgIpc) is 3.08. The molecule has 2 aliphatic heterocycles. The average molecular weight is 339 g/mol. The van der Waals surface area contributed by atoms with E-state index in [1.807, 2.05) is 6.07 Å². The van der Waals surface area contributed by atoms with Gasteiger partial charge >= 0.3 is 0 Å². The normalized spacial score (nSPS) is 19.4. The molecule has 104 valence electrons. The largest absolute Gasteiger partial charge is 0.372 e. The summed E-state index contributed by atoms with van der Waals surface area (Å²) in [7, 11) is 0. The summed E-state index contributed by atoms with van der Waals surface area (Å²) in [5, 5.41) is 3.33. The number of nitrogens with zero attached hydrogens (tertiary/aromatic N) is 1. The van der Waals surface area contributed by atoms with Gasteiger partial charge in [0.25, 0.3) is 0 Å². The fraction of sp³-hybridized carbons (Fsp3) is 0.111. The summed E-state index contributed by atoms with van der Waals surface area (Å²) in [6.45, 7) is 0.870. The number of rotatable bonds is 2. The predicted octanol–water partition coefficient (Wildman–Crippen LogP) is 4.38. The lowest BCUT2D eigenvalue weighted by atomic mass is 10.0. The minimum atomic E-state index is 0.301. The van der Waals surface area contributed by atoms with Crippen molar-refractivity contribution in [2.45, 2.75) is 6.04 Å². The van der Waals surface area contributed by atoms with E-state index in [4.69, 9.17) is 0 Å². The Labute approximate surface area is 132 Å². The molecule has 1 unspecified atom stereocenters. The maximum atomic E-state index is 3.61. The van der Waals surface area contributed by atoms with E-state index in [0.717, 1.165) is 11.1 Å². The highest BCUT2D eigenvalue weighted by Gasteiger charge is 2.33. The molecule has 3 heteroatoms. The molecule has 1 N–H and O–H groups in total.